The van der Waals surface area contributed by atoms with Crippen molar-refractivity contribution in [2.75, 3.05) is 12.8 Å². The summed E-state index contributed by atoms with van der Waals surface area (Å²) in [7, 11) is 1.61. The van der Waals surface area contributed by atoms with Crippen molar-refractivity contribution in [2.45, 2.75) is 6.54 Å². The SMILES string of the molecule is COc1ccc(Cn2nc(N)ccc2=O)cc1. The standard InChI is InChI=1S/C12H13N3O2/c1-17-10-4-2-9(3-5-10)8-15-12(16)7-6-11(13)14-15/h2-7H,8H2,1H3,(H2,13,14). The van der Waals surface area contributed by atoms with E-state index in [0.29, 0.717) is 12.4 Å². The first kappa shape index (κ1) is 11.2. The molecule has 0 fully saturated rings. The largest absolute Gasteiger partial charge is 0.497 e. The molecule has 0 aliphatic heterocycles. The number of benzene rings is 1. The molecule has 17 heavy (non-hydrogen) atoms. The normalized spacial score (nSPS) is 10.2. The molecular formula is C12H13N3O2. The average Bonchev–Trinajstić information content (AvgIpc) is 2.35. The van der Waals surface area contributed by atoms with Crippen LogP contribution in [0.1, 0.15) is 5.56 Å². The lowest BCUT2D eigenvalue weighted by atomic mass is 10.2. The number of ether oxygens (including phenoxy) is 1. The molecule has 0 atom stereocenters. The molecule has 0 spiro atoms. The number of rotatable bonds is 3. The summed E-state index contributed by atoms with van der Waals surface area (Å²) in [6, 6.07) is 10.4. The lowest BCUT2D eigenvalue weighted by Crippen LogP contribution is -2.23. The Hall–Kier alpha value is -2.30. The third-order valence-corrected chi connectivity index (χ3v) is 2.38. The molecule has 0 unspecified atom stereocenters. The molecule has 2 aromatic rings. The molecule has 2 N–H and O–H groups in total. The van der Waals surface area contributed by atoms with Crippen molar-refractivity contribution in [3.05, 3.63) is 52.3 Å². The minimum Gasteiger partial charge on any atom is -0.497 e. The van der Waals surface area contributed by atoms with Crippen LogP contribution in [0.2, 0.25) is 0 Å². The van der Waals surface area contributed by atoms with E-state index in [9.17, 15) is 4.79 Å². The number of hydrogen-bond acceptors (Lipinski definition) is 4. The van der Waals surface area contributed by atoms with Crippen molar-refractivity contribution in [2.24, 2.45) is 0 Å². The number of aromatic nitrogens is 2. The van der Waals surface area contributed by atoms with Crippen molar-refractivity contribution >= 4 is 5.82 Å². The number of nitrogen functional groups attached to an aromatic ring is 1. The zero-order valence-corrected chi connectivity index (χ0v) is 9.46. The highest BCUT2D eigenvalue weighted by molar-refractivity contribution is 5.28. The monoisotopic (exact) mass is 231 g/mol. The topological polar surface area (TPSA) is 70.1 Å². The molecule has 5 heteroatoms. The first-order valence-electron chi connectivity index (χ1n) is 5.15. The van der Waals surface area contributed by atoms with Crippen LogP contribution in [0.15, 0.2) is 41.2 Å². The Bertz CT molecular complexity index is 561. The van der Waals surface area contributed by atoms with Gasteiger partial charge in [0, 0.05) is 6.07 Å². The highest BCUT2D eigenvalue weighted by atomic mass is 16.5. The molecule has 1 heterocycles. The third kappa shape index (κ3) is 2.63. The van der Waals surface area contributed by atoms with E-state index in [0.717, 1.165) is 11.3 Å². The summed E-state index contributed by atoms with van der Waals surface area (Å²) in [5.41, 5.74) is 6.33. The first-order chi connectivity index (χ1) is 8.19. The maximum absolute atomic E-state index is 11.5. The van der Waals surface area contributed by atoms with Crippen molar-refractivity contribution in [1.29, 1.82) is 0 Å². The Labute approximate surface area is 98.5 Å². The number of hydrogen-bond donors (Lipinski definition) is 1. The Balaban J connectivity index is 2.25. The summed E-state index contributed by atoms with van der Waals surface area (Å²) in [6.45, 7) is 0.397. The highest BCUT2D eigenvalue weighted by Gasteiger charge is 2.00. The van der Waals surface area contributed by atoms with E-state index in [1.54, 1.807) is 7.11 Å². The quantitative estimate of drug-likeness (QED) is 0.851. The van der Waals surface area contributed by atoms with Gasteiger partial charge in [0.2, 0.25) is 0 Å². The van der Waals surface area contributed by atoms with Gasteiger partial charge in [-0.25, -0.2) is 4.68 Å². The predicted octanol–water partition coefficient (Wildman–Crippen LogP) is 0.882. The highest BCUT2D eigenvalue weighted by Crippen LogP contribution is 2.11. The molecule has 1 aromatic heterocycles. The van der Waals surface area contributed by atoms with Gasteiger partial charge < -0.3 is 10.5 Å². The van der Waals surface area contributed by atoms with Gasteiger partial charge in [-0.2, -0.15) is 5.10 Å². The van der Waals surface area contributed by atoms with E-state index in [-0.39, 0.29) is 5.56 Å². The zero-order valence-electron chi connectivity index (χ0n) is 9.46. The molecule has 0 radical (unpaired) electrons. The van der Waals surface area contributed by atoms with Crippen LogP contribution in [0.3, 0.4) is 0 Å². The summed E-state index contributed by atoms with van der Waals surface area (Å²) < 4.78 is 6.39. The molecule has 0 saturated heterocycles. The van der Waals surface area contributed by atoms with Crippen molar-refractivity contribution < 1.29 is 4.74 Å². The summed E-state index contributed by atoms with van der Waals surface area (Å²) in [5.74, 6) is 1.11. The third-order valence-electron chi connectivity index (χ3n) is 2.38. The fraction of sp³-hybridized carbons (Fsp3) is 0.167. The van der Waals surface area contributed by atoms with E-state index < -0.39 is 0 Å². The van der Waals surface area contributed by atoms with Gasteiger partial charge in [-0.05, 0) is 23.8 Å². The second-order valence-electron chi connectivity index (χ2n) is 3.60. The van der Waals surface area contributed by atoms with E-state index >= 15 is 0 Å². The molecule has 0 saturated carbocycles. The van der Waals surface area contributed by atoms with Crippen molar-refractivity contribution in [3.63, 3.8) is 0 Å². The van der Waals surface area contributed by atoms with Gasteiger partial charge in [0.15, 0.2) is 0 Å². The molecule has 0 aliphatic carbocycles. The van der Waals surface area contributed by atoms with Gasteiger partial charge in [-0.1, -0.05) is 12.1 Å². The van der Waals surface area contributed by atoms with Crippen LogP contribution in [0, 0.1) is 0 Å². The van der Waals surface area contributed by atoms with Gasteiger partial charge in [-0.3, -0.25) is 4.79 Å². The van der Waals surface area contributed by atoms with E-state index in [1.165, 1.54) is 16.8 Å². The van der Waals surface area contributed by atoms with Crippen molar-refractivity contribution in [3.8, 4) is 5.75 Å². The zero-order chi connectivity index (χ0) is 12.3. The number of anilines is 1. The Morgan fingerprint density at radius 1 is 1.24 bits per heavy atom. The summed E-state index contributed by atoms with van der Waals surface area (Å²) >= 11 is 0. The van der Waals surface area contributed by atoms with E-state index in [1.807, 2.05) is 24.3 Å². The lowest BCUT2D eigenvalue weighted by Gasteiger charge is -2.06. The summed E-state index contributed by atoms with van der Waals surface area (Å²) in [4.78, 5) is 11.5. The second kappa shape index (κ2) is 4.69. The molecule has 5 nitrogen and oxygen atoms in total. The van der Waals surface area contributed by atoms with Crippen LogP contribution in [0.5, 0.6) is 5.75 Å². The molecule has 2 rings (SSSR count). The maximum Gasteiger partial charge on any atom is 0.267 e. The fourth-order valence-corrected chi connectivity index (χ4v) is 1.48. The minimum absolute atomic E-state index is 0.171. The number of methoxy groups -OCH3 is 1. The summed E-state index contributed by atoms with van der Waals surface area (Å²) in [6.07, 6.45) is 0. The molecule has 0 bridgehead atoms. The smallest absolute Gasteiger partial charge is 0.267 e. The van der Waals surface area contributed by atoms with Crippen LogP contribution in [0.4, 0.5) is 5.82 Å². The van der Waals surface area contributed by atoms with Gasteiger partial charge >= 0.3 is 0 Å². The van der Waals surface area contributed by atoms with Crippen LogP contribution in [-0.2, 0) is 6.54 Å². The molecule has 1 aromatic carbocycles. The van der Waals surface area contributed by atoms with Crippen LogP contribution < -0.4 is 16.0 Å². The summed E-state index contributed by atoms with van der Waals surface area (Å²) in [5, 5.41) is 3.96. The fourth-order valence-electron chi connectivity index (χ4n) is 1.48. The maximum atomic E-state index is 11.5. The van der Waals surface area contributed by atoms with Gasteiger partial charge in [0.25, 0.3) is 5.56 Å². The van der Waals surface area contributed by atoms with Crippen LogP contribution in [-0.4, -0.2) is 16.9 Å². The van der Waals surface area contributed by atoms with Gasteiger partial charge in [0.1, 0.15) is 11.6 Å². The lowest BCUT2D eigenvalue weighted by molar-refractivity contribution is 0.414. The molecular weight excluding hydrogens is 218 g/mol. The Morgan fingerprint density at radius 3 is 2.59 bits per heavy atom. The first-order valence-corrected chi connectivity index (χ1v) is 5.15. The van der Waals surface area contributed by atoms with Gasteiger partial charge in [-0.15, -0.1) is 0 Å². The number of nitrogens with zero attached hydrogens (tertiary/aromatic N) is 2. The Morgan fingerprint density at radius 2 is 1.94 bits per heavy atom. The van der Waals surface area contributed by atoms with E-state index in [4.69, 9.17) is 10.5 Å². The second-order valence-corrected chi connectivity index (χ2v) is 3.60. The van der Waals surface area contributed by atoms with Gasteiger partial charge in [0.05, 0.1) is 13.7 Å². The average molecular weight is 231 g/mol. The van der Waals surface area contributed by atoms with Crippen LogP contribution in [0.25, 0.3) is 0 Å². The molecule has 88 valence electrons. The predicted molar refractivity (Wildman–Crippen MR) is 65.0 cm³/mol. The molecule has 0 amide bonds. The minimum atomic E-state index is -0.171. The Kier molecular flexibility index (Phi) is 3.09. The van der Waals surface area contributed by atoms with E-state index in [2.05, 4.69) is 5.10 Å². The number of nitrogens with two attached hydrogens (primary N) is 1. The van der Waals surface area contributed by atoms with Crippen molar-refractivity contribution in [1.82, 2.24) is 9.78 Å². The van der Waals surface area contributed by atoms with Crippen LogP contribution >= 0.6 is 0 Å². The molecule has 0 aliphatic rings.